The summed E-state index contributed by atoms with van der Waals surface area (Å²) in [7, 11) is 0. The molecule has 1 aromatic carbocycles. The van der Waals surface area contributed by atoms with E-state index in [1.807, 2.05) is 36.1 Å². The molecular weight excluding hydrogens is 376 g/mol. The van der Waals surface area contributed by atoms with Crippen LogP contribution in [0.25, 0.3) is 0 Å². The summed E-state index contributed by atoms with van der Waals surface area (Å²) < 4.78 is 13.9. The van der Waals surface area contributed by atoms with Crippen LogP contribution >= 0.6 is 11.8 Å². The molecule has 2 aromatic rings. The van der Waals surface area contributed by atoms with E-state index in [0.717, 1.165) is 48.3 Å². The Balaban J connectivity index is 1.33. The second-order valence-corrected chi connectivity index (χ2v) is 8.02. The molecule has 3 heterocycles. The average molecular weight is 403 g/mol. The van der Waals surface area contributed by atoms with Crippen LogP contribution < -0.4 is 9.47 Å². The number of carbonyl (C=O) groups excluding carboxylic acids is 1. The van der Waals surface area contributed by atoms with Crippen molar-refractivity contribution in [1.82, 2.24) is 19.7 Å². The van der Waals surface area contributed by atoms with E-state index in [1.165, 1.54) is 18.2 Å². The van der Waals surface area contributed by atoms with Crippen LogP contribution in [0.3, 0.4) is 0 Å². The third-order valence-electron chi connectivity index (χ3n) is 5.13. The Bertz CT molecular complexity index is 826. The molecule has 1 amide bonds. The number of ether oxygens (including phenoxy) is 2. The number of likely N-dealkylation sites (N-methyl/N-ethyl adjacent to an activating group) is 1. The van der Waals surface area contributed by atoms with Crippen LogP contribution in [0.4, 0.5) is 0 Å². The molecule has 0 spiro atoms. The second-order valence-electron chi connectivity index (χ2n) is 7.08. The average Bonchev–Trinajstić information content (AvgIpc) is 2.96. The van der Waals surface area contributed by atoms with Crippen molar-refractivity contribution < 1.29 is 14.3 Å². The molecule has 0 N–H and O–H groups in total. The highest BCUT2D eigenvalue weighted by molar-refractivity contribution is 7.99. The summed E-state index contributed by atoms with van der Waals surface area (Å²) >= 11 is 1.48. The minimum Gasteiger partial charge on any atom is -0.486 e. The van der Waals surface area contributed by atoms with Gasteiger partial charge in [0, 0.05) is 19.5 Å². The number of para-hydroxylation sites is 2. The van der Waals surface area contributed by atoms with Crippen LogP contribution in [0, 0.1) is 0 Å². The Morgan fingerprint density at radius 1 is 1.25 bits per heavy atom. The van der Waals surface area contributed by atoms with Crippen molar-refractivity contribution in [3.05, 3.63) is 30.1 Å². The minimum atomic E-state index is -0.159. The van der Waals surface area contributed by atoms with Crippen molar-refractivity contribution in [2.45, 2.75) is 50.4 Å². The molecule has 2 aliphatic rings. The second kappa shape index (κ2) is 8.86. The Hall–Kier alpha value is -2.22. The largest absolute Gasteiger partial charge is 0.486 e. The summed E-state index contributed by atoms with van der Waals surface area (Å²) in [6, 6.07) is 7.64. The van der Waals surface area contributed by atoms with E-state index < -0.39 is 0 Å². The number of aryl methyl sites for hydroxylation is 1. The number of carbonyl (C=O) groups is 1. The summed E-state index contributed by atoms with van der Waals surface area (Å²) in [5.74, 6) is 2.99. The molecule has 28 heavy (non-hydrogen) atoms. The third-order valence-corrected chi connectivity index (χ3v) is 6.08. The zero-order chi connectivity index (χ0) is 19.3. The highest BCUT2D eigenvalue weighted by atomic mass is 32.2. The van der Waals surface area contributed by atoms with Crippen molar-refractivity contribution in [2.24, 2.45) is 0 Å². The van der Waals surface area contributed by atoms with Gasteiger partial charge in [0.2, 0.25) is 5.91 Å². The van der Waals surface area contributed by atoms with Gasteiger partial charge in [-0.05, 0) is 31.9 Å². The maximum absolute atomic E-state index is 12.8. The number of aromatic nitrogens is 3. The van der Waals surface area contributed by atoms with Gasteiger partial charge in [-0.2, -0.15) is 0 Å². The number of benzene rings is 1. The van der Waals surface area contributed by atoms with E-state index >= 15 is 0 Å². The summed E-state index contributed by atoms with van der Waals surface area (Å²) in [4.78, 5) is 14.6. The molecule has 1 aromatic heterocycles. The number of rotatable bonds is 6. The molecule has 0 saturated carbocycles. The van der Waals surface area contributed by atoms with Gasteiger partial charge in [-0.15, -0.1) is 10.2 Å². The predicted molar refractivity (Wildman–Crippen MR) is 107 cm³/mol. The first kappa shape index (κ1) is 19.1. The highest BCUT2D eigenvalue weighted by Gasteiger charge is 2.25. The first-order chi connectivity index (χ1) is 13.7. The molecule has 0 unspecified atom stereocenters. The smallest absolute Gasteiger partial charge is 0.233 e. The molecule has 0 radical (unpaired) electrons. The monoisotopic (exact) mass is 402 g/mol. The molecule has 0 fully saturated rings. The van der Waals surface area contributed by atoms with Gasteiger partial charge in [-0.1, -0.05) is 30.3 Å². The summed E-state index contributed by atoms with van der Waals surface area (Å²) in [5, 5.41) is 9.46. The Kier molecular flexibility index (Phi) is 6.04. The van der Waals surface area contributed by atoms with Crippen molar-refractivity contribution in [1.29, 1.82) is 0 Å². The summed E-state index contributed by atoms with van der Waals surface area (Å²) in [5.41, 5.74) is 0. The van der Waals surface area contributed by atoms with Crippen molar-refractivity contribution in [3.8, 4) is 11.5 Å². The zero-order valence-corrected chi connectivity index (χ0v) is 17.0. The van der Waals surface area contributed by atoms with Crippen LogP contribution in [-0.2, 0) is 17.8 Å². The quantitative estimate of drug-likeness (QED) is 0.692. The number of nitrogens with zero attached hydrogens (tertiary/aromatic N) is 4. The van der Waals surface area contributed by atoms with E-state index in [9.17, 15) is 4.79 Å². The maximum Gasteiger partial charge on any atom is 0.233 e. The molecule has 0 bridgehead atoms. The fourth-order valence-electron chi connectivity index (χ4n) is 3.59. The number of fused-ring (bicyclic) bond motifs is 2. The standard InChI is InChI=1S/C20H26N4O3S/c1-2-23(12-15-13-26-16-8-5-6-9-17(16)27-15)19(25)14-28-20-22-21-18-10-4-3-7-11-24(18)20/h5-6,8-9,15H,2-4,7,10-14H2,1H3/t15-/m1/s1. The lowest BCUT2D eigenvalue weighted by Gasteiger charge is -2.30. The van der Waals surface area contributed by atoms with Crippen LogP contribution in [0.2, 0.25) is 0 Å². The fraction of sp³-hybridized carbons (Fsp3) is 0.550. The number of thioether (sulfide) groups is 1. The van der Waals surface area contributed by atoms with Gasteiger partial charge in [0.15, 0.2) is 22.8 Å². The predicted octanol–water partition coefficient (Wildman–Crippen LogP) is 2.79. The molecule has 8 heteroatoms. The molecule has 0 saturated heterocycles. The van der Waals surface area contributed by atoms with E-state index in [1.54, 1.807) is 0 Å². The van der Waals surface area contributed by atoms with Crippen LogP contribution in [0.15, 0.2) is 29.4 Å². The number of hydrogen-bond donors (Lipinski definition) is 0. The van der Waals surface area contributed by atoms with Gasteiger partial charge in [0.25, 0.3) is 0 Å². The van der Waals surface area contributed by atoms with Crippen LogP contribution in [-0.4, -0.2) is 57.1 Å². The van der Waals surface area contributed by atoms with Gasteiger partial charge >= 0.3 is 0 Å². The Labute approximate surface area is 169 Å². The highest BCUT2D eigenvalue weighted by Crippen LogP contribution is 2.31. The van der Waals surface area contributed by atoms with Crippen molar-refractivity contribution in [2.75, 3.05) is 25.4 Å². The molecular formula is C20H26N4O3S. The van der Waals surface area contributed by atoms with Crippen molar-refractivity contribution in [3.63, 3.8) is 0 Å². The SMILES string of the molecule is CCN(C[C@@H]1COc2ccccc2O1)C(=O)CSc1nnc2n1CCCCC2. The van der Waals surface area contributed by atoms with Gasteiger partial charge in [0.1, 0.15) is 12.4 Å². The number of hydrogen-bond acceptors (Lipinski definition) is 6. The normalized spacial score (nSPS) is 18.2. The lowest BCUT2D eigenvalue weighted by atomic mass is 10.2. The first-order valence-corrected chi connectivity index (χ1v) is 10.9. The first-order valence-electron chi connectivity index (χ1n) is 9.95. The van der Waals surface area contributed by atoms with Crippen LogP contribution in [0.1, 0.15) is 32.0 Å². The summed E-state index contributed by atoms with van der Waals surface area (Å²) in [6.45, 7) is 4.54. The van der Waals surface area contributed by atoms with Gasteiger partial charge < -0.3 is 18.9 Å². The molecule has 1 atom stereocenters. The Morgan fingerprint density at radius 3 is 2.96 bits per heavy atom. The third kappa shape index (κ3) is 4.27. The zero-order valence-electron chi connectivity index (χ0n) is 16.2. The van der Waals surface area contributed by atoms with Crippen molar-refractivity contribution >= 4 is 17.7 Å². The van der Waals surface area contributed by atoms with E-state index in [2.05, 4.69) is 14.8 Å². The minimum absolute atomic E-state index is 0.0842. The number of amides is 1. The molecule has 7 nitrogen and oxygen atoms in total. The topological polar surface area (TPSA) is 69.5 Å². The summed E-state index contributed by atoms with van der Waals surface area (Å²) in [6.07, 6.45) is 4.35. The maximum atomic E-state index is 12.8. The van der Waals surface area contributed by atoms with Gasteiger partial charge in [-0.3, -0.25) is 4.79 Å². The van der Waals surface area contributed by atoms with Gasteiger partial charge in [-0.25, -0.2) is 0 Å². The lowest BCUT2D eigenvalue weighted by molar-refractivity contribution is -0.129. The van der Waals surface area contributed by atoms with E-state index in [-0.39, 0.29) is 12.0 Å². The van der Waals surface area contributed by atoms with E-state index in [4.69, 9.17) is 9.47 Å². The Morgan fingerprint density at radius 2 is 2.11 bits per heavy atom. The van der Waals surface area contributed by atoms with E-state index in [0.29, 0.717) is 25.4 Å². The molecule has 0 aliphatic carbocycles. The van der Waals surface area contributed by atoms with Crippen LogP contribution in [0.5, 0.6) is 11.5 Å². The van der Waals surface area contributed by atoms with Gasteiger partial charge in [0.05, 0.1) is 12.3 Å². The molecule has 4 rings (SSSR count). The molecule has 2 aliphatic heterocycles. The lowest BCUT2D eigenvalue weighted by Crippen LogP contribution is -2.44. The molecule has 150 valence electrons. The fourth-order valence-corrected chi connectivity index (χ4v) is 4.48.